The number of benzene rings is 1. The number of fused-ring (bicyclic) bond motifs is 1. The summed E-state index contributed by atoms with van der Waals surface area (Å²) in [5, 5.41) is 15.6. The monoisotopic (exact) mass is 349 g/mol. The largest absolute Gasteiger partial charge is 0.511 e. The van der Waals surface area contributed by atoms with Gasteiger partial charge in [0.05, 0.1) is 34.1 Å². The van der Waals surface area contributed by atoms with E-state index in [1.165, 1.54) is 17.1 Å². The molecule has 2 aromatic heterocycles. The van der Waals surface area contributed by atoms with Crippen molar-refractivity contribution in [2.45, 2.75) is 13.3 Å². The third-order valence-electron chi connectivity index (χ3n) is 3.13. The highest BCUT2D eigenvalue weighted by atomic mass is 35.5. The number of imidazole rings is 1. The van der Waals surface area contributed by atoms with E-state index >= 15 is 0 Å². The first-order valence-corrected chi connectivity index (χ1v) is 7.29. The first-order chi connectivity index (χ1) is 11.5. The van der Waals surface area contributed by atoms with Gasteiger partial charge < -0.3 is 20.1 Å². The van der Waals surface area contributed by atoms with Gasteiger partial charge in [0.2, 0.25) is 11.9 Å². The molecule has 0 atom stereocenters. The molecule has 3 aromatic rings. The number of amides is 1. The molecule has 1 aromatic carbocycles. The van der Waals surface area contributed by atoms with Crippen molar-refractivity contribution >= 4 is 40.4 Å². The highest BCUT2D eigenvalue weighted by Crippen LogP contribution is 2.28. The van der Waals surface area contributed by atoms with Gasteiger partial charge in [-0.2, -0.15) is 5.10 Å². The Kier molecular flexibility index (Phi) is 4.09. The summed E-state index contributed by atoms with van der Waals surface area (Å²) >= 11 is 6.15. The lowest BCUT2D eigenvalue weighted by Gasteiger charge is -2.05. The van der Waals surface area contributed by atoms with E-state index in [-0.39, 0.29) is 11.7 Å². The normalized spacial score (nSPS) is 10.8. The Bertz CT molecular complexity index is 933. The summed E-state index contributed by atoms with van der Waals surface area (Å²) in [4.78, 5) is 29.4. The van der Waals surface area contributed by atoms with Crippen molar-refractivity contribution in [1.82, 2.24) is 19.7 Å². The first kappa shape index (κ1) is 15.8. The molecule has 0 saturated heterocycles. The molecule has 0 aliphatic rings. The van der Waals surface area contributed by atoms with Crippen LogP contribution >= 0.6 is 11.6 Å². The molecule has 0 bridgehead atoms. The maximum absolute atomic E-state index is 11.5. The van der Waals surface area contributed by atoms with Gasteiger partial charge in [-0.15, -0.1) is 0 Å². The van der Waals surface area contributed by atoms with E-state index in [1.54, 1.807) is 19.1 Å². The number of anilines is 1. The summed E-state index contributed by atoms with van der Waals surface area (Å²) in [6, 6.07) is 3.28. The minimum Gasteiger partial charge on any atom is -0.449 e. The molecule has 1 amide bonds. The van der Waals surface area contributed by atoms with Gasteiger partial charge in [-0.05, 0) is 12.1 Å². The molecule has 0 radical (unpaired) electrons. The molecule has 3 N–H and O–H groups in total. The number of carboxylic acid groups (broad SMARTS) is 1. The topological polar surface area (TPSA) is 122 Å². The van der Waals surface area contributed by atoms with E-state index < -0.39 is 6.16 Å². The number of aromatic nitrogens is 4. The Morgan fingerprint density at radius 3 is 2.96 bits per heavy atom. The van der Waals surface area contributed by atoms with Gasteiger partial charge >= 0.3 is 6.16 Å². The lowest BCUT2D eigenvalue weighted by Crippen LogP contribution is -2.09. The number of carbonyl (C=O) groups is 2. The molecule has 2 heterocycles. The average Bonchev–Trinajstić information content (AvgIpc) is 3.13. The van der Waals surface area contributed by atoms with Crippen LogP contribution in [0, 0.1) is 0 Å². The molecule has 0 spiro atoms. The van der Waals surface area contributed by atoms with E-state index in [1.807, 2.05) is 0 Å². The Hall–Kier alpha value is -3.07. The molecule has 24 heavy (non-hydrogen) atoms. The quantitative estimate of drug-likeness (QED) is 0.622. The molecule has 0 fully saturated rings. The van der Waals surface area contributed by atoms with Crippen LogP contribution in [0.15, 0.2) is 24.5 Å². The Morgan fingerprint density at radius 1 is 1.46 bits per heavy atom. The van der Waals surface area contributed by atoms with Crippen LogP contribution in [0.1, 0.15) is 13.3 Å². The lowest BCUT2D eigenvalue weighted by atomic mass is 10.2. The second-order valence-corrected chi connectivity index (χ2v) is 5.21. The van der Waals surface area contributed by atoms with Crippen LogP contribution in [0.3, 0.4) is 0 Å². The Labute approximate surface area is 140 Å². The van der Waals surface area contributed by atoms with Gasteiger partial charge in [-0.25, -0.2) is 14.5 Å². The predicted octanol–water partition coefficient (Wildman–Crippen LogP) is 2.81. The molecule has 3 rings (SSSR count). The molecule has 0 unspecified atom stereocenters. The minimum absolute atomic E-state index is 0.0666. The number of aromatic amines is 1. The van der Waals surface area contributed by atoms with Crippen molar-refractivity contribution < 1.29 is 19.4 Å². The highest BCUT2D eigenvalue weighted by molar-refractivity contribution is 6.34. The molecule has 10 heteroatoms. The van der Waals surface area contributed by atoms with Crippen LogP contribution in [0.25, 0.3) is 17.0 Å². The molecule has 124 valence electrons. The Balaban J connectivity index is 1.94. The molecular weight excluding hydrogens is 338 g/mol. The van der Waals surface area contributed by atoms with Crippen LogP contribution in [0.2, 0.25) is 5.02 Å². The maximum atomic E-state index is 11.5. The number of carbonyl (C=O) groups excluding carboxylic acids is 1. The van der Waals surface area contributed by atoms with E-state index in [0.29, 0.717) is 34.1 Å². The SMILES string of the molecule is CCC(=O)Nc1cc2nc(-n3cc(OC(=O)O)cn3)[nH]c2cc1Cl. The van der Waals surface area contributed by atoms with Gasteiger partial charge in [-0.1, -0.05) is 18.5 Å². The fourth-order valence-electron chi connectivity index (χ4n) is 2.04. The van der Waals surface area contributed by atoms with Gasteiger partial charge in [-0.3, -0.25) is 4.79 Å². The summed E-state index contributed by atoms with van der Waals surface area (Å²) in [7, 11) is 0. The zero-order chi connectivity index (χ0) is 17.3. The number of halogens is 1. The zero-order valence-corrected chi connectivity index (χ0v) is 13.2. The molecular formula is C14H12ClN5O4. The smallest absolute Gasteiger partial charge is 0.449 e. The second-order valence-electron chi connectivity index (χ2n) is 4.80. The van der Waals surface area contributed by atoms with E-state index in [9.17, 15) is 9.59 Å². The average molecular weight is 350 g/mol. The Morgan fingerprint density at radius 2 is 2.25 bits per heavy atom. The van der Waals surface area contributed by atoms with Crippen LogP contribution in [0.4, 0.5) is 10.5 Å². The number of ether oxygens (including phenoxy) is 1. The summed E-state index contributed by atoms with van der Waals surface area (Å²) in [5.41, 5.74) is 1.67. The summed E-state index contributed by atoms with van der Waals surface area (Å²) < 4.78 is 5.84. The number of hydrogen-bond acceptors (Lipinski definition) is 5. The van der Waals surface area contributed by atoms with Crippen molar-refractivity contribution in [1.29, 1.82) is 0 Å². The summed E-state index contributed by atoms with van der Waals surface area (Å²) in [5.74, 6) is 0.256. The van der Waals surface area contributed by atoms with Crippen LogP contribution in [-0.4, -0.2) is 36.9 Å². The predicted molar refractivity (Wildman–Crippen MR) is 85.8 cm³/mol. The van der Waals surface area contributed by atoms with Gasteiger partial charge in [0.25, 0.3) is 0 Å². The molecule has 0 saturated carbocycles. The number of nitrogens with zero attached hydrogens (tertiary/aromatic N) is 3. The minimum atomic E-state index is -1.43. The lowest BCUT2D eigenvalue weighted by molar-refractivity contribution is -0.115. The zero-order valence-electron chi connectivity index (χ0n) is 12.4. The molecule has 0 aliphatic carbocycles. The van der Waals surface area contributed by atoms with Crippen LogP contribution < -0.4 is 10.1 Å². The number of rotatable bonds is 4. The summed E-state index contributed by atoms with van der Waals surface area (Å²) in [6.45, 7) is 1.74. The third kappa shape index (κ3) is 3.15. The highest BCUT2D eigenvalue weighted by Gasteiger charge is 2.12. The number of hydrogen-bond donors (Lipinski definition) is 3. The van der Waals surface area contributed by atoms with Crippen molar-refractivity contribution in [3.8, 4) is 11.7 Å². The second kappa shape index (κ2) is 6.20. The summed E-state index contributed by atoms with van der Waals surface area (Å²) in [6.07, 6.45) is 1.52. The van der Waals surface area contributed by atoms with Crippen molar-refractivity contribution in [3.05, 3.63) is 29.5 Å². The third-order valence-corrected chi connectivity index (χ3v) is 3.45. The fraction of sp³-hybridized carbons (Fsp3) is 0.143. The standard InChI is InChI=1S/C14H12ClN5O4/c1-2-12(21)17-9-4-11-10(3-8(9)15)18-13(19-11)20-6-7(5-16-20)24-14(22)23/h3-6H,2H2,1H3,(H,17,21)(H,18,19)(H,22,23). The van der Waals surface area contributed by atoms with Crippen molar-refractivity contribution in [2.75, 3.05) is 5.32 Å². The number of H-pyrrole nitrogens is 1. The van der Waals surface area contributed by atoms with Crippen LogP contribution in [0.5, 0.6) is 5.75 Å². The molecule has 9 nitrogen and oxygen atoms in total. The van der Waals surface area contributed by atoms with E-state index in [0.717, 1.165) is 0 Å². The maximum Gasteiger partial charge on any atom is 0.511 e. The van der Waals surface area contributed by atoms with Gasteiger partial charge in [0.15, 0.2) is 5.75 Å². The van der Waals surface area contributed by atoms with Crippen molar-refractivity contribution in [3.63, 3.8) is 0 Å². The van der Waals surface area contributed by atoms with E-state index in [4.69, 9.17) is 16.7 Å². The van der Waals surface area contributed by atoms with Gasteiger partial charge in [0.1, 0.15) is 0 Å². The van der Waals surface area contributed by atoms with Gasteiger partial charge in [0, 0.05) is 6.42 Å². The van der Waals surface area contributed by atoms with E-state index in [2.05, 4.69) is 25.1 Å². The van der Waals surface area contributed by atoms with Crippen molar-refractivity contribution in [2.24, 2.45) is 0 Å². The first-order valence-electron chi connectivity index (χ1n) is 6.91. The number of nitrogens with one attached hydrogen (secondary N) is 2. The molecule has 0 aliphatic heterocycles. The fourth-order valence-corrected chi connectivity index (χ4v) is 2.25. The van der Waals surface area contributed by atoms with Crippen LogP contribution in [-0.2, 0) is 4.79 Å².